The van der Waals surface area contributed by atoms with E-state index < -0.39 is 0 Å². The van der Waals surface area contributed by atoms with E-state index in [0.29, 0.717) is 37.7 Å². The molecule has 7 heteroatoms. The maximum atomic E-state index is 13.5. The third-order valence-corrected chi connectivity index (χ3v) is 6.18. The van der Waals surface area contributed by atoms with Gasteiger partial charge in [0.05, 0.1) is 18.8 Å². The summed E-state index contributed by atoms with van der Waals surface area (Å²) >= 11 is 0. The van der Waals surface area contributed by atoms with Crippen LogP contribution in [0.15, 0.2) is 79.1 Å². The second-order valence-corrected chi connectivity index (χ2v) is 8.69. The molecule has 1 saturated heterocycles. The van der Waals surface area contributed by atoms with Crippen LogP contribution >= 0.6 is 0 Å². The van der Waals surface area contributed by atoms with Gasteiger partial charge in [0.1, 0.15) is 17.7 Å². The Morgan fingerprint density at radius 1 is 1.06 bits per heavy atom. The molecule has 35 heavy (non-hydrogen) atoms. The summed E-state index contributed by atoms with van der Waals surface area (Å²) in [5.74, 6) is 2.14. The first-order valence-electron chi connectivity index (χ1n) is 11.7. The van der Waals surface area contributed by atoms with Crippen LogP contribution in [0.1, 0.15) is 39.1 Å². The Morgan fingerprint density at radius 2 is 1.89 bits per heavy atom. The number of rotatable bonds is 6. The topological polar surface area (TPSA) is 69.5 Å². The summed E-state index contributed by atoms with van der Waals surface area (Å²) in [6, 6.07) is 21.2. The Morgan fingerprint density at radius 3 is 2.69 bits per heavy atom. The van der Waals surface area contributed by atoms with Crippen LogP contribution in [-0.2, 0) is 11.3 Å². The first-order chi connectivity index (χ1) is 17.1. The summed E-state index contributed by atoms with van der Waals surface area (Å²) in [5, 5.41) is 0. The van der Waals surface area contributed by atoms with Crippen molar-refractivity contribution in [2.24, 2.45) is 0 Å². The molecule has 0 unspecified atom stereocenters. The number of carbonyl (C=O) groups excluding carboxylic acids is 1. The number of imidazole rings is 1. The molecular formula is C28H28N4O3. The molecule has 0 aliphatic carbocycles. The van der Waals surface area contributed by atoms with Crippen molar-refractivity contribution in [3.05, 3.63) is 107 Å². The summed E-state index contributed by atoms with van der Waals surface area (Å²) in [7, 11) is 0. The lowest BCUT2D eigenvalue weighted by molar-refractivity contribution is -0.0249. The lowest BCUT2D eigenvalue weighted by atomic mass is 10.0. The number of nitrogens with zero attached hydrogens (tertiary/aromatic N) is 4. The smallest absolute Gasteiger partial charge is 0.254 e. The Labute approximate surface area is 205 Å². The van der Waals surface area contributed by atoms with Gasteiger partial charge in [-0.3, -0.25) is 4.79 Å². The van der Waals surface area contributed by atoms with E-state index in [0.717, 1.165) is 22.8 Å². The fraction of sp³-hybridized carbons (Fsp3) is 0.250. The molecule has 1 amide bonds. The van der Waals surface area contributed by atoms with Gasteiger partial charge < -0.3 is 18.9 Å². The summed E-state index contributed by atoms with van der Waals surface area (Å²) < 4.78 is 14.0. The van der Waals surface area contributed by atoms with Gasteiger partial charge in [-0.25, -0.2) is 9.97 Å². The highest BCUT2D eigenvalue weighted by molar-refractivity contribution is 5.95. The van der Waals surface area contributed by atoms with Gasteiger partial charge in [-0.2, -0.15) is 0 Å². The number of hydrogen-bond acceptors (Lipinski definition) is 5. The highest BCUT2D eigenvalue weighted by Crippen LogP contribution is 2.26. The summed E-state index contributed by atoms with van der Waals surface area (Å²) in [5.41, 5.74) is 3.58. The van der Waals surface area contributed by atoms with Crippen LogP contribution in [-0.4, -0.2) is 45.0 Å². The first kappa shape index (κ1) is 22.8. The summed E-state index contributed by atoms with van der Waals surface area (Å²) in [4.78, 5) is 24.4. The van der Waals surface area contributed by atoms with Crippen LogP contribution in [0.3, 0.4) is 0 Å². The third-order valence-electron chi connectivity index (χ3n) is 6.18. The zero-order valence-corrected chi connectivity index (χ0v) is 19.9. The van der Waals surface area contributed by atoms with Crippen molar-refractivity contribution >= 4 is 5.91 Å². The van der Waals surface area contributed by atoms with Crippen LogP contribution in [0, 0.1) is 13.8 Å². The van der Waals surface area contributed by atoms with Gasteiger partial charge in [0.15, 0.2) is 0 Å². The highest BCUT2D eigenvalue weighted by Gasteiger charge is 2.28. The van der Waals surface area contributed by atoms with E-state index >= 15 is 0 Å². The van der Waals surface area contributed by atoms with Crippen LogP contribution in [0.2, 0.25) is 0 Å². The fourth-order valence-electron chi connectivity index (χ4n) is 4.20. The molecule has 0 saturated carbocycles. The fourth-order valence-corrected chi connectivity index (χ4v) is 4.20. The maximum Gasteiger partial charge on any atom is 0.254 e. The lowest BCUT2D eigenvalue weighted by Crippen LogP contribution is -2.42. The van der Waals surface area contributed by atoms with Gasteiger partial charge >= 0.3 is 0 Å². The minimum absolute atomic E-state index is 0.00118. The van der Waals surface area contributed by atoms with Gasteiger partial charge in [0.2, 0.25) is 5.88 Å². The van der Waals surface area contributed by atoms with Crippen LogP contribution < -0.4 is 4.74 Å². The molecule has 3 heterocycles. The van der Waals surface area contributed by atoms with Gasteiger partial charge in [-0.05, 0) is 43.7 Å². The first-order valence-corrected chi connectivity index (χ1v) is 11.7. The summed E-state index contributed by atoms with van der Waals surface area (Å²) in [6.07, 6.45) is 3.38. The van der Waals surface area contributed by atoms with Gasteiger partial charge in [0, 0.05) is 37.1 Å². The quantitative estimate of drug-likeness (QED) is 0.401. The molecule has 0 spiro atoms. The van der Waals surface area contributed by atoms with E-state index in [9.17, 15) is 4.79 Å². The zero-order valence-electron chi connectivity index (χ0n) is 19.9. The number of amides is 1. The molecule has 0 N–H and O–H groups in total. The minimum atomic E-state index is -0.322. The molecule has 0 bridgehead atoms. The number of ether oxygens (including phenoxy) is 2. The second kappa shape index (κ2) is 10.1. The molecule has 1 aliphatic heterocycles. The molecule has 7 nitrogen and oxygen atoms in total. The number of morpholine rings is 1. The van der Waals surface area contributed by atoms with E-state index in [1.54, 1.807) is 6.20 Å². The predicted octanol–water partition coefficient (Wildman–Crippen LogP) is 4.95. The standard InChI is InChI=1S/C28H28N4O3/c1-20-10-12-23(13-11-20)35-27-9-5-8-25(30-27)26-19-32(16-17-34-26)28(33)24-7-4-3-6-22(24)18-31-15-14-29-21(31)2/h3-15,26H,16-19H2,1-2H3/t26-/m0/s1. The Bertz CT molecular complexity index is 1320. The van der Waals surface area contributed by atoms with Crippen LogP contribution in [0.4, 0.5) is 0 Å². The molecule has 0 radical (unpaired) electrons. The molecule has 5 rings (SSSR count). The molecule has 1 aliphatic rings. The van der Waals surface area contributed by atoms with Gasteiger partial charge in [0.25, 0.3) is 5.91 Å². The molecule has 4 aromatic rings. The molecule has 178 valence electrons. The van der Waals surface area contributed by atoms with Crippen molar-refractivity contribution in [1.29, 1.82) is 0 Å². The Balaban J connectivity index is 1.31. The van der Waals surface area contributed by atoms with Gasteiger partial charge in [-0.1, -0.05) is 42.0 Å². The third kappa shape index (κ3) is 5.25. The number of carbonyl (C=O) groups is 1. The van der Waals surface area contributed by atoms with Crippen molar-refractivity contribution in [2.75, 3.05) is 19.7 Å². The van der Waals surface area contributed by atoms with Crippen molar-refractivity contribution in [3.8, 4) is 11.6 Å². The minimum Gasteiger partial charge on any atom is -0.439 e. The van der Waals surface area contributed by atoms with Crippen LogP contribution in [0.25, 0.3) is 0 Å². The van der Waals surface area contributed by atoms with E-state index in [1.807, 2.05) is 96.2 Å². The van der Waals surface area contributed by atoms with Crippen molar-refractivity contribution in [1.82, 2.24) is 19.4 Å². The summed E-state index contributed by atoms with van der Waals surface area (Å²) in [6.45, 7) is 6.00. The lowest BCUT2D eigenvalue weighted by Gasteiger charge is -2.33. The largest absolute Gasteiger partial charge is 0.439 e. The SMILES string of the molecule is Cc1ccc(Oc2cccc([C@@H]3CN(C(=O)c4ccccc4Cn4ccnc4C)CCO3)n2)cc1. The number of aryl methyl sites for hydroxylation is 2. The monoisotopic (exact) mass is 468 g/mol. The van der Waals surface area contributed by atoms with E-state index in [4.69, 9.17) is 9.47 Å². The Hall–Kier alpha value is -3.97. The maximum absolute atomic E-state index is 13.5. The van der Waals surface area contributed by atoms with Crippen molar-refractivity contribution in [2.45, 2.75) is 26.5 Å². The normalized spacial score (nSPS) is 15.7. The number of aromatic nitrogens is 3. The molecule has 1 atom stereocenters. The average molecular weight is 469 g/mol. The highest BCUT2D eigenvalue weighted by atomic mass is 16.5. The van der Waals surface area contributed by atoms with Gasteiger partial charge in [-0.15, -0.1) is 0 Å². The zero-order chi connectivity index (χ0) is 24.2. The van der Waals surface area contributed by atoms with E-state index in [1.165, 1.54) is 5.56 Å². The Kier molecular flexibility index (Phi) is 6.59. The van der Waals surface area contributed by atoms with Crippen LogP contribution in [0.5, 0.6) is 11.6 Å². The average Bonchev–Trinajstić information content (AvgIpc) is 3.30. The van der Waals surface area contributed by atoms with E-state index in [2.05, 4.69) is 9.97 Å². The number of pyridine rings is 1. The molecule has 2 aromatic carbocycles. The number of benzene rings is 2. The molecule has 2 aromatic heterocycles. The molecule has 1 fully saturated rings. The van der Waals surface area contributed by atoms with E-state index in [-0.39, 0.29) is 12.0 Å². The molecular weight excluding hydrogens is 440 g/mol. The second-order valence-electron chi connectivity index (χ2n) is 8.69. The van der Waals surface area contributed by atoms with Crippen molar-refractivity contribution < 1.29 is 14.3 Å². The number of hydrogen-bond donors (Lipinski definition) is 0. The predicted molar refractivity (Wildman–Crippen MR) is 133 cm³/mol. The van der Waals surface area contributed by atoms with Crippen molar-refractivity contribution in [3.63, 3.8) is 0 Å².